The lowest BCUT2D eigenvalue weighted by Crippen LogP contribution is -2.61. The molecule has 4 heterocycles. The van der Waals surface area contributed by atoms with Crippen molar-refractivity contribution in [1.29, 1.82) is 0 Å². The summed E-state index contributed by atoms with van der Waals surface area (Å²) >= 11 is 0. The summed E-state index contributed by atoms with van der Waals surface area (Å²) in [7, 11) is 0. The second-order valence-corrected chi connectivity index (χ2v) is 37.3. The van der Waals surface area contributed by atoms with Crippen LogP contribution in [0.1, 0.15) is 132 Å². The second kappa shape index (κ2) is 27.1. The number of aromatic nitrogens is 2. The number of para-hydroxylation sites is 6. The van der Waals surface area contributed by atoms with E-state index in [1.54, 1.807) is 0 Å². The van der Waals surface area contributed by atoms with E-state index in [2.05, 4.69) is 450 Å². The van der Waals surface area contributed by atoms with E-state index in [1.807, 2.05) is 0 Å². The highest BCUT2D eigenvalue weighted by Gasteiger charge is 2.47. The third kappa shape index (κ3) is 12.3. The van der Waals surface area contributed by atoms with E-state index in [-0.39, 0.29) is 33.8 Å². The van der Waals surface area contributed by atoms with Crippen LogP contribution in [0.5, 0.6) is 0 Å². The van der Waals surface area contributed by atoms with Gasteiger partial charge in [-0.15, -0.1) is 0 Å². The largest absolute Gasteiger partial charge is 0.310 e. The second-order valence-electron chi connectivity index (χ2n) is 37.3. The number of hydrogen-bond acceptors (Lipinski definition) is 2. The van der Waals surface area contributed by atoms with Gasteiger partial charge in [-0.3, -0.25) is 0 Å². The average Bonchev–Trinajstić information content (AvgIpc) is 0.882. The van der Waals surface area contributed by atoms with Gasteiger partial charge in [0.25, 0.3) is 6.71 Å². The minimum absolute atomic E-state index is 0.121. The Balaban J connectivity index is 0.997. The summed E-state index contributed by atoms with van der Waals surface area (Å²) in [6, 6.07) is 126. The molecule has 0 saturated heterocycles. The molecule has 0 spiro atoms. The zero-order valence-electron chi connectivity index (χ0n) is 69.0. The molecule has 2 aliphatic heterocycles. The van der Waals surface area contributed by atoms with Crippen molar-refractivity contribution in [3.05, 3.63) is 355 Å². The molecule has 15 aromatic carbocycles. The summed E-state index contributed by atoms with van der Waals surface area (Å²) in [4.78, 5) is 5.50. The molecule has 0 amide bonds. The molecule has 0 unspecified atom stereocenters. The van der Waals surface area contributed by atoms with Crippen molar-refractivity contribution in [3.63, 3.8) is 0 Å². The van der Waals surface area contributed by atoms with Gasteiger partial charge in [0, 0.05) is 77.9 Å². The molecule has 115 heavy (non-hydrogen) atoms. The molecule has 5 heteroatoms. The van der Waals surface area contributed by atoms with Crippen molar-refractivity contribution in [1.82, 2.24) is 9.13 Å². The molecule has 562 valence electrons. The van der Waals surface area contributed by atoms with Crippen LogP contribution in [0.15, 0.2) is 328 Å². The summed E-state index contributed by atoms with van der Waals surface area (Å²) in [5, 5.41) is 4.89. The maximum atomic E-state index is 2.75. The van der Waals surface area contributed by atoms with Gasteiger partial charge in [-0.25, -0.2) is 0 Å². The highest BCUT2D eigenvalue weighted by atomic mass is 15.2. The first-order chi connectivity index (χ1) is 55.2. The van der Waals surface area contributed by atoms with Gasteiger partial charge in [0.15, 0.2) is 0 Å². The fraction of sp³-hybridized carbons (Fsp3) is 0.182. The first-order valence-corrected chi connectivity index (χ1v) is 41.2. The maximum Gasteiger partial charge on any atom is 0.252 e. The van der Waals surface area contributed by atoms with E-state index in [0.717, 1.165) is 78.9 Å². The Labute approximate surface area is 679 Å². The highest BCUT2D eigenvalue weighted by Crippen LogP contribution is 2.56. The van der Waals surface area contributed by atoms with E-state index in [0.29, 0.717) is 0 Å². The molecule has 4 nitrogen and oxygen atoms in total. The van der Waals surface area contributed by atoms with Gasteiger partial charge in [0.05, 0.1) is 33.4 Å². The van der Waals surface area contributed by atoms with Crippen LogP contribution in [0.4, 0.5) is 34.1 Å². The van der Waals surface area contributed by atoms with Gasteiger partial charge >= 0.3 is 0 Å². The Kier molecular flexibility index (Phi) is 17.2. The summed E-state index contributed by atoms with van der Waals surface area (Å²) in [6.45, 7) is 35.0. The Bertz CT molecular complexity index is 6200. The Hall–Kier alpha value is -12.4. The quantitative estimate of drug-likeness (QED) is 0.127. The monoisotopic (exact) mass is 1490 g/mol. The van der Waals surface area contributed by atoms with Crippen LogP contribution in [-0.4, -0.2) is 15.8 Å². The molecule has 0 aliphatic carbocycles. The van der Waals surface area contributed by atoms with Gasteiger partial charge in [-0.1, -0.05) is 359 Å². The number of benzene rings is 15. The number of hydrogen-bond donors (Lipinski definition) is 0. The molecule has 2 aromatic heterocycles. The van der Waals surface area contributed by atoms with Gasteiger partial charge in [-0.05, 0) is 189 Å². The Morgan fingerprint density at radius 3 is 0.843 bits per heavy atom. The third-order valence-corrected chi connectivity index (χ3v) is 24.7. The molecule has 17 aromatic rings. The van der Waals surface area contributed by atoms with E-state index < -0.39 is 0 Å². The maximum absolute atomic E-state index is 2.75. The molecular weight excluding hydrogens is 1390 g/mol. The van der Waals surface area contributed by atoms with Crippen molar-refractivity contribution < 1.29 is 0 Å². The molecule has 0 atom stereocenters. The van der Waals surface area contributed by atoms with Crippen molar-refractivity contribution in [2.24, 2.45) is 0 Å². The van der Waals surface area contributed by atoms with Crippen LogP contribution in [0, 0.1) is 0 Å². The molecule has 0 fully saturated rings. The number of rotatable bonds is 10. The van der Waals surface area contributed by atoms with Crippen molar-refractivity contribution in [3.8, 4) is 78.1 Å². The van der Waals surface area contributed by atoms with Crippen LogP contribution in [-0.2, 0) is 27.1 Å². The standard InChI is InChI=1S/C110H99BN4/c1-106(2,3)76-38-26-34-70(62-76)85-50-30-51-86(71-35-27-39-77(63-71)107(4,5)6)104(85)114-95-60-58-74(83-48-32-56-97-101(83)89-46-22-24-54-93(89)112(97)81-42-18-16-19-43-81)66-91(95)111-92-67-75(84-49-33-57-98-102(84)90-47-23-25-55-94(90)113(98)82-44-20-17-21-45-82)59-61-96(92)115(100-69-80(110(13,14)15)68-99(114)103(100)111)105-87(72-36-28-40-78(64-72)108(7,8)9)52-31-53-88(105)73-37-29-41-79(65-73)109(10,11)12/h16-69H,1-15H3. The fourth-order valence-corrected chi connectivity index (χ4v) is 18.6. The Morgan fingerprint density at radius 1 is 0.217 bits per heavy atom. The van der Waals surface area contributed by atoms with E-state index in [1.165, 1.54) is 121 Å². The number of fused-ring (bicyclic) bond motifs is 10. The lowest BCUT2D eigenvalue weighted by atomic mass is 9.33. The fourth-order valence-electron chi connectivity index (χ4n) is 18.6. The average molecular weight is 1490 g/mol. The summed E-state index contributed by atoms with van der Waals surface area (Å²) in [6.07, 6.45) is 0. The highest BCUT2D eigenvalue weighted by molar-refractivity contribution is 7.00. The van der Waals surface area contributed by atoms with E-state index in [4.69, 9.17) is 0 Å². The SMILES string of the molecule is CC(C)(C)c1cccc(-c2cccc(-c3cccc(C(C)(C)C)c3)c2N2c3ccc(-c4cccc5c4c4ccccc4n5-c4ccccc4)cc3B3c4cc(-c5cccc6c5c5ccccc5n6-c5ccccc5)ccc4N(c4c(-c5cccc(C(C)(C)C)c5)cccc4-c4cccc(C(C)(C)C)c4)c4cc(C(C)(C)C)cc2c43)c1. The predicted octanol–water partition coefficient (Wildman–Crippen LogP) is 28.5. The summed E-state index contributed by atoms with van der Waals surface area (Å²) in [5.74, 6) is 0. The first-order valence-electron chi connectivity index (χ1n) is 41.2. The molecule has 19 rings (SSSR count). The van der Waals surface area contributed by atoms with Gasteiger partial charge in [-0.2, -0.15) is 0 Å². The summed E-state index contributed by atoms with van der Waals surface area (Å²) < 4.78 is 4.92. The lowest BCUT2D eigenvalue weighted by Gasteiger charge is -2.46. The minimum Gasteiger partial charge on any atom is -0.310 e. The third-order valence-electron chi connectivity index (χ3n) is 24.7. The zero-order valence-corrected chi connectivity index (χ0v) is 69.0. The number of anilines is 6. The predicted molar refractivity (Wildman–Crippen MR) is 495 cm³/mol. The molecule has 0 bridgehead atoms. The normalized spacial score (nSPS) is 13.1. The molecular formula is C110H99BN4. The van der Waals surface area contributed by atoms with Crippen LogP contribution < -0.4 is 26.2 Å². The van der Waals surface area contributed by atoms with Crippen molar-refractivity contribution >= 4 is 101 Å². The van der Waals surface area contributed by atoms with Crippen LogP contribution in [0.3, 0.4) is 0 Å². The number of nitrogens with zero attached hydrogens (tertiary/aromatic N) is 4. The van der Waals surface area contributed by atoms with Crippen molar-refractivity contribution in [2.75, 3.05) is 9.80 Å². The van der Waals surface area contributed by atoms with Crippen LogP contribution >= 0.6 is 0 Å². The minimum atomic E-state index is -0.337. The van der Waals surface area contributed by atoms with Gasteiger partial charge in [0.2, 0.25) is 0 Å². The Morgan fingerprint density at radius 2 is 0.504 bits per heavy atom. The zero-order chi connectivity index (χ0) is 79.4. The summed E-state index contributed by atoms with van der Waals surface area (Å²) in [5.41, 5.74) is 37.1. The van der Waals surface area contributed by atoms with Gasteiger partial charge < -0.3 is 18.9 Å². The van der Waals surface area contributed by atoms with Crippen LogP contribution in [0.2, 0.25) is 0 Å². The first kappa shape index (κ1) is 72.8. The molecule has 0 saturated carbocycles. The molecule has 0 N–H and O–H groups in total. The lowest BCUT2D eigenvalue weighted by molar-refractivity contribution is 0.590. The van der Waals surface area contributed by atoms with Crippen LogP contribution in [0.25, 0.3) is 122 Å². The molecule has 2 aliphatic rings. The molecule has 0 radical (unpaired) electrons. The van der Waals surface area contributed by atoms with E-state index >= 15 is 0 Å². The van der Waals surface area contributed by atoms with E-state index in [9.17, 15) is 0 Å². The smallest absolute Gasteiger partial charge is 0.252 e. The topological polar surface area (TPSA) is 16.3 Å². The van der Waals surface area contributed by atoms with Gasteiger partial charge in [0.1, 0.15) is 0 Å². The van der Waals surface area contributed by atoms with Crippen molar-refractivity contribution in [2.45, 2.75) is 131 Å².